The number of piperidine rings is 1. The summed E-state index contributed by atoms with van der Waals surface area (Å²) in [7, 11) is -3.53. The molecule has 3 aliphatic heterocycles. The van der Waals surface area contributed by atoms with E-state index in [4.69, 9.17) is 4.74 Å². The maximum absolute atomic E-state index is 13.1. The molecule has 1 fully saturated rings. The number of para-hydroxylation sites is 1. The van der Waals surface area contributed by atoms with E-state index < -0.39 is 16.1 Å². The van der Waals surface area contributed by atoms with Gasteiger partial charge in [-0.25, -0.2) is 8.42 Å². The predicted octanol–water partition coefficient (Wildman–Crippen LogP) is 2.27. The Morgan fingerprint density at radius 3 is 2.60 bits per heavy atom. The number of amides is 1. The van der Waals surface area contributed by atoms with Crippen molar-refractivity contribution in [2.24, 2.45) is 5.92 Å². The minimum atomic E-state index is -3.53. The molecule has 158 valence electrons. The van der Waals surface area contributed by atoms with Crippen molar-refractivity contribution >= 4 is 21.6 Å². The van der Waals surface area contributed by atoms with Crippen LogP contribution in [0.2, 0.25) is 0 Å². The maximum atomic E-state index is 13.1. The first-order chi connectivity index (χ1) is 14.5. The highest BCUT2D eigenvalue weighted by atomic mass is 32.2. The summed E-state index contributed by atoms with van der Waals surface area (Å²) in [6.07, 6.45) is 1.38. The van der Waals surface area contributed by atoms with E-state index in [0.29, 0.717) is 25.4 Å². The zero-order valence-electron chi connectivity index (χ0n) is 16.6. The number of ether oxygens (including phenoxy) is 1. The van der Waals surface area contributed by atoms with E-state index in [1.54, 1.807) is 18.2 Å². The van der Waals surface area contributed by atoms with Gasteiger partial charge in [0.1, 0.15) is 4.90 Å². The topological polar surface area (TPSA) is 87.7 Å². The van der Waals surface area contributed by atoms with Gasteiger partial charge in [0.2, 0.25) is 10.0 Å². The lowest BCUT2D eigenvalue weighted by Crippen LogP contribution is -2.53. The van der Waals surface area contributed by atoms with Crippen LogP contribution >= 0.6 is 0 Å². The van der Waals surface area contributed by atoms with Crippen molar-refractivity contribution in [1.82, 2.24) is 9.62 Å². The number of hydrogen-bond donors (Lipinski definition) is 2. The van der Waals surface area contributed by atoms with Gasteiger partial charge in [-0.3, -0.25) is 4.79 Å². The quantitative estimate of drug-likeness (QED) is 0.768. The summed E-state index contributed by atoms with van der Waals surface area (Å²) in [6, 6.07) is 14.9. The highest BCUT2D eigenvalue weighted by Gasteiger charge is 2.38. The van der Waals surface area contributed by atoms with E-state index in [-0.39, 0.29) is 22.9 Å². The molecular formula is C22H25N3O4S. The third-order valence-corrected chi connectivity index (χ3v) is 7.81. The number of sulfonamides is 1. The Labute approximate surface area is 176 Å². The molecule has 0 bridgehead atoms. The van der Waals surface area contributed by atoms with Gasteiger partial charge in [-0.2, -0.15) is 4.72 Å². The molecule has 0 aliphatic carbocycles. The maximum Gasteiger partial charge on any atom is 0.256 e. The Morgan fingerprint density at radius 1 is 1.03 bits per heavy atom. The fourth-order valence-electron chi connectivity index (χ4n) is 4.68. The number of carbonyl (C=O) groups excluding carboxylic acids is 1. The average Bonchev–Trinajstić information content (AvgIpc) is 2.78. The second-order valence-corrected chi connectivity index (χ2v) is 9.78. The van der Waals surface area contributed by atoms with Gasteiger partial charge in [-0.15, -0.1) is 0 Å². The number of carbonyl (C=O) groups is 1. The highest BCUT2D eigenvalue weighted by Crippen LogP contribution is 2.33. The van der Waals surface area contributed by atoms with Crippen LogP contribution in [-0.4, -0.2) is 45.1 Å². The van der Waals surface area contributed by atoms with Crippen molar-refractivity contribution in [1.29, 1.82) is 0 Å². The number of fused-ring (bicyclic) bond motifs is 2. The molecule has 0 aromatic heterocycles. The van der Waals surface area contributed by atoms with Crippen molar-refractivity contribution in [2.75, 3.05) is 25.0 Å². The molecule has 3 aliphatic rings. The SMILES string of the molecule is O=C(C1OCCc2ccccc21)N1CCC(C2Nc3ccccc3S(=O)(=O)N2)CC1. The number of anilines is 1. The molecule has 30 heavy (non-hydrogen) atoms. The largest absolute Gasteiger partial charge is 0.368 e. The van der Waals surface area contributed by atoms with Gasteiger partial charge in [0.25, 0.3) is 5.91 Å². The average molecular weight is 428 g/mol. The Morgan fingerprint density at radius 2 is 1.77 bits per heavy atom. The van der Waals surface area contributed by atoms with E-state index >= 15 is 0 Å². The molecule has 2 N–H and O–H groups in total. The summed E-state index contributed by atoms with van der Waals surface area (Å²) in [4.78, 5) is 15.3. The van der Waals surface area contributed by atoms with E-state index in [1.807, 2.05) is 29.2 Å². The lowest BCUT2D eigenvalue weighted by Gasteiger charge is -2.40. The van der Waals surface area contributed by atoms with Crippen LogP contribution < -0.4 is 10.0 Å². The number of likely N-dealkylation sites (tertiary alicyclic amines) is 1. The Balaban J connectivity index is 1.26. The Bertz CT molecular complexity index is 1060. The smallest absolute Gasteiger partial charge is 0.256 e. The summed E-state index contributed by atoms with van der Waals surface area (Å²) in [5.41, 5.74) is 2.78. The van der Waals surface area contributed by atoms with Gasteiger partial charge in [0, 0.05) is 13.1 Å². The molecule has 0 saturated carbocycles. The lowest BCUT2D eigenvalue weighted by atomic mass is 9.92. The van der Waals surface area contributed by atoms with Crippen molar-refractivity contribution in [2.45, 2.75) is 36.4 Å². The van der Waals surface area contributed by atoms with Crippen LogP contribution in [0, 0.1) is 5.92 Å². The predicted molar refractivity (Wildman–Crippen MR) is 112 cm³/mol. The molecule has 0 spiro atoms. The third kappa shape index (κ3) is 3.49. The van der Waals surface area contributed by atoms with E-state index in [9.17, 15) is 13.2 Å². The van der Waals surface area contributed by atoms with Gasteiger partial charge in [0.15, 0.2) is 6.10 Å². The standard InChI is InChI=1S/C22H25N3O4S/c26-22(20-17-6-2-1-5-15(17)11-14-29-20)25-12-9-16(10-13-25)21-23-18-7-3-4-8-19(18)30(27,28)24-21/h1-8,16,20-21,23-24H,9-14H2. The monoisotopic (exact) mass is 427 g/mol. The van der Waals surface area contributed by atoms with Gasteiger partial charge in [-0.1, -0.05) is 36.4 Å². The van der Waals surface area contributed by atoms with Crippen molar-refractivity contribution < 1.29 is 17.9 Å². The first-order valence-corrected chi connectivity index (χ1v) is 11.9. The Kier molecular flexibility index (Phi) is 5.00. The molecule has 8 heteroatoms. The van der Waals surface area contributed by atoms with Crippen molar-refractivity contribution in [3.05, 3.63) is 59.7 Å². The van der Waals surface area contributed by atoms with Crippen LogP contribution in [0.4, 0.5) is 5.69 Å². The molecule has 2 aromatic rings. The molecule has 5 rings (SSSR count). The number of hydrogen-bond acceptors (Lipinski definition) is 5. The number of nitrogens with one attached hydrogen (secondary N) is 2. The summed E-state index contributed by atoms with van der Waals surface area (Å²) in [5, 5.41) is 3.32. The summed E-state index contributed by atoms with van der Waals surface area (Å²) in [5.74, 6) is 0.111. The van der Waals surface area contributed by atoms with Gasteiger partial charge in [0.05, 0.1) is 18.5 Å². The van der Waals surface area contributed by atoms with Gasteiger partial charge >= 0.3 is 0 Å². The third-order valence-electron chi connectivity index (χ3n) is 6.31. The van der Waals surface area contributed by atoms with Gasteiger partial charge in [-0.05, 0) is 48.4 Å². The van der Waals surface area contributed by atoms with Crippen LogP contribution in [0.5, 0.6) is 0 Å². The van der Waals surface area contributed by atoms with Crippen LogP contribution in [0.1, 0.15) is 30.1 Å². The number of nitrogens with zero attached hydrogens (tertiary/aromatic N) is 1. The van der Waals surface area contributed by atoms with Crippen molar-refractivity contribution in [3.63, 3.8) is 0 Å². The van der Waals surface area contributed by atoms with Crippen molar-refractivity contribution in [3.8, 4) is 0 Å². The summed E-state index contributed by atoms with van der Waals surface area (Å²) < 4.78 is 33.8. The van der Waals surface area contributed by atoms with Crippen LogP contribution in [0.25, 0.3) is 0 Å². The molecular weight excluding hydrogens is 402 g/mol. The van der Waals surface area contributed by atoms with E-state index in [1.165, 1.54) is 5.56 Å². The summed E-state index contributed by atoms with van der Waals surface area (Å²) in [6.45, 7) is 1.73. The summed E-state index contributed by atoms with van der Waals surface area (Å²) >= 11 is 0. The molecule has 0 radical (unpaired) electrons. The first kappa shape index (κ1) is 19.5. The molecule has 3 heterocycles. The van der Waals surface area contributed by atoms with Gasteiger partial charge < -0.3 is 15.0 Å². The van der Waals surface area contributed by atoms with E-state index in [2.05, 4.69) is 16.1 Å². The Hall–Kier alpha value is -2.42. The van der Waals surface area contributed by atoms with Crippen LogP contribution in [-0.2, 0) is 26.0 Å². The lowest BCUT2D eigenvalue weighted by molar-refractivity contribution is -0.146. The fourth-order valence-corrected chi connectivity index (χ4v) is 6.07. The zero-order valence-corrected chi connectivity index (χ0v) is 17.4. The molecule has 7 nitrogen and oxygen atoms in total. The molecule has 2 unspecified atom stereocenters. The second kappa shape index (κ2) is 7.68. The van der Waals surface area contributed by atoms with Crippen LogP contribution in [0.3, 0.4) is 0 Å². The van der Waals surface area contributed by atoms with E-state index in [0.717, 1.165) is 24.8 Å². The molecule has 2 aromatic carbocycles. The minimum absolute atomic E-state index is 0.00290. The molecule has 1 saturated heterocycles. The zero-order chi connectivity index (χ0) is 20.7. The first-order valence-electron chi connectivity index (χ1n) is 10.4. The highest BCUT2D eigenvalue weighted by molar-refractivity contribution is 7.89. The minimum Gasteiger partial charge on any atom is -0.368 e. The van der Waals surface area contributed by atoms with Crippen LogP contribution in [0.15, 0.2) is 53.4 Å². The molecule has 1 amide bonds. The number of rotatable bonds is 2. The molecule has 2 atom stereocenters. The normalized spacial score (nSPS) is 25.7. The second-order valence-electron chi connectivity index (χ2n) is 8.10. The fraction of sp³-hybridized carbons (Fsp3) is 0.409. The number of benzene rings is 2.